The van der Waals surface area contributed by atoms with Gasteiger partial charge in [-0.1, -0.05) is 12.1 Å². The van der Waals surface area contributed by atoms with Gasteiger partial charge in [0.1, 0.15) is 29.2 Å². The van der Waals surface area contributed by atoms with Crippen molar-refractivity contribution in [2.75, 3.05) is 26.3 Å². The molecule has 1 amide bonds. The van der Waals surface area contributed by atoms with Crippen molar-refractivity contribution >= 4 is 11.9 Å². The molecule has 2 fully saturated rings. The Labute approximate surface area is 219 Å². The monoisotopic (exact) mass is 517 g/mol. The van der Waals surface area contributed by atoms with E-state index in [1.807, 2.05) is 24.3 Å². The minimum Gasteiger partial charge on any atom is -0.486 e. The van der Waals surface area contributed by atoms with E-state index >= 15 is 0 Å². The number of carboxylic acid groups (broad SMARTS) is 1. The third kappa shape index (κ3) is 4.84. The first-order chi connectivity index (χ1) is 18.5. The molecule has 38 heavy (non-hydrogen) atoms. The van der Waals surface area contributed by atoms with E-state index in [0.717, 1.165) is 11.1 Å². The van der Waals surface area contributed by atoms with Gasteiger partial charge in [-0.05, 0) is 79.3 Å². The molecule has 3 aromatic rings. The van der Waals surface area contributed by atoms with Gasteiger partial charge >= 0.3 is 5.97 Å². The van der Waals surface area contributed by atoms with Crippen molar-refractivity contribution < 1.29 is 33.3 Å². The number of carbonyl (C=O) groups is 2. The number of carbonyl (C=O) groups excluding carboxylic acids is 1. The first kappa shape index (κ1) is 24.4. The van der Waals surface area contributed by atoms with Crippen LogP contribution in [0, 0.1) is 11.7 Å². The van der Waals surface area contributed by atoms with Crippen LogP contribution in [0.1, 0.15) is 51.9 Å². The van der Waals surface area contributed by atoms with E-state index in [9.17, 15) is 14.0 Å². The second-order valence-electron chi connectivity index (χ2n) is 9.97. The molecule has 8 heteroatoms. The van der Waals surface area contributed by atoms with Gasteiger partial charge in [-0.3, -0.25) is 9.59 Å². The number of ether oxygens (including phenoxy) is 3. The third-order valence-electron chi connectivity index (χ3n) is 7.56. The summed E-state index contributed by atoms with van der Waals surface area (Å²) in [4.78, 5) is 25.6. The van der Waals surface area contributed by atoms with Crippen molar-refractivity contribution in [2.24, 2.45) is 5.92 Å². The number of hydrogen-bond acceptors (Lipinski definition) is 5. The molecule has 0 radical (unpaired) electrons. The quantitative estimate of drug-likeness (QED) is 0.455. The summed E-state index contributed by atoms with van der Waals surface area (Å²) in [6.07, 6.45) is 1.44. The van der Waals surface area contributed by atoms with Gasteiger partial charge in [-0.15, -0.1) is 0 Å². The van der Waals surface area contributed by atoms with E-state index < -0.39 is 12.1 Å². The summed E-state index contributed by atoms with van der Waals surface area (Å²) in [6, 6.07) is 17.4. The van der Waals surface area contributed by atoms with Crippen molar-refractivity contribution in [3.8, 4) is 17.2 Å². The van der Waals surface area contributed by atoms with Crippen LogP contribution in [-0.4, -0.2) is 48.2 Å². The molecule has 3 atom stereocenters. The third-order valence-corrected chi connectivity index (χ3v) is 7.56. The average molecular weight is 518 g/mol. The minimum atomic E-state index is -0.760. The normalized spacial score (nSPS) is 22.0. The fraction of sp³-hybridized carbons (Fsp3) is 0.333. The van der Waals surface area contributed by atoms with E-state index in [0.29, 0.717) is 73.9 Å². The first-order valence-corrected chi connectivity index (χ1v) is 12.9. The number of fused-ring (bicyclic) bond motifs is 1. The topological polar surface area (TPSA) is 85.3 Å². The molecule has 6 rings (SSSR count). The molecule has 1 heterocycles. The predicted molar refractivity (Wildman–Crippen MR) is 136 cm³/mol. The maximum Gasteiger partial charge on any atom is 0.307 e. The summed E-state index contributed by atoms with van der Waals surface area (Å²) in [7, 11) is 0. The molecule has 0 bridgehead atoms. The molecule has 196 valence electrons. The summed E-state index contributed by atoms with van der Waals surface area (Å²) in [5.74, 6) is 0.374. The van der Waals surface area contributed by atoms with Crippen LogP contribution in [0.4, 0.5) is 4.39 Å². The lowest BCUT2D eigenvalue weighted by Gasteiger charge is -2.26. The van der Waals surface area contributed by atoms with Crippen LogP contribution < -0.4 is 9.47 Å². The molecule has 0 unspecified atom stereocenters. The SMILES string of the molecule is O=C(O)[C@H]1C[C@@H]1c1ccc(O[C@@H]2CCc3c(Oc4ccc(C(=O)N5CCOCC5)cc4)ccc(F)c32)cc1. The largest absolute Gasteiger partial charge is 0.486 e. The molecule has 3 aromatic carbocycles. The Morgan fingerprint density at radius 1 is 0.947 bits per heavy atom. The van der Waals surface area contributed by atoms with E-state index in [-0.39, 0.29) is 23.6 Å². The Morgan fingerprint density at radius 2 is 1.66 bits per heavy atom. The molecule has 0 spiro atoms. The molecular weight excluding hydrogens is 489 g/mol. The van der Waals surface area contributed by atoms with Crippen LogP contribution in [0.15, 0.2) is 60.7 Å². The van der Waals surface area contributed by atoms with Gasteiger partial charge in [0.15, 0.2) is 0 Å². The van der Waals surface area contributed by atoms with Gasteiger partial charge in [-0.25, -0.2) is 4.39 Å². The summed E-state index contributed by atoms with van der Waals surface area (Å²) in [5, 5.41) is 9.16. The second-order valence-corrected chi connectivity index (χ2v) is 9.97. The zero-order valence-electron chi connectivity index (χ0n) is 20.8. The zero-order chi connectivity index (χ0) is 26.2. The molecule has 1 saturated carbocycles. The van der Waals surface area contributed by atoms with Crippen LogP contribution in [0.2, 0.25) is 0 Å². The highest BCUT2D eigenvalue weighted by molar-refractivity contribution is 5.94. The number of halogens is 1. The van der Waals surface area contributed by atoms with Gasteiger partial charge in [0.25, 0.3) is 5.91 Å². The second kappa shape index (κ2) is 10.1. The summed E-state index contributed by atoms with van der Waals surface area (Å²) >= 11 is 0. The number of hydrogen-bond donors (Lipinski definition) is 1. The number of rotatable bonds is 7. The van der Waals surface area contributed by atoms with Crippen LogP contribution >= 0.6 is 0 Å². The molecule has 1 saturated heterocycles. The number of nitrogens with zero attached hydrogens (tertiary/aromatic N) is 1. The fourth-order valence-corrected chi connectivity index (χ4v) is 5.39. The van der Waals surface area contributed by atoms with Crippen molar-refractivity contribution in [3.05, 3.63) is 88.7 Å². The predicted octanol–water partition coefficient (Wildman–Crippen LogP) is 5.34. The van der Waals surface area contributed by atoms with Crippen molar-refractivity contribution in [1.29, 1.82) is 0 Å². The van der Waals surface area contributed by atoms with Crippen LogP contribution in [0.3, 0.4) is 0 Å². The van der Waals surface area contributed by atoms with Crippen molar-refractivity contribution in [1.82, 2.24) is 4.90 Å². The van der Waals surface area contributed by atoms with Crippen molar-refractivity contribution in [3.63, 3.8) is 0 Å². The maximum atomic E-state index is 14.9. The lowest BCUT2D eigenvalue weighted by atomic mass is 10.1. The van der Waals surface area contributed by atoms with E-state index in [2.05, 4.69) is 0 Å². The lowest BCUT2D eigenvalue weighted by Crippen LogP contribution is -2.40. The average Bonchev–Trinajstić information content (AvgIpc) is 3.65. The summed E-state index contributed by atoms with van der Waals surface area (Å²) in [5.41, 5.74) is 2.85. The summed E-state index contributed by atoms with van der Waals surface area (Å²) < 4.78 is 32.5. The minimum absolute atomic E-state index is 0.0330. The molecular formula is C30H28FNO6. The maximum absolute atomic E-state index is 14.9. The number of carboxylic acids is 1. The molecule has 1 aliphatic heterocycles. The summed E-state index contributed by atoms with van der Waals surface area (Å²) in [6.45, 7) is 2.26. The van der Waals surface area contributed by atoms with Crippen LogP contribution in [0.5, 0.6) is 17.2 Å². The smallest absolute Gasteiger partial charge is 0.307 e. The zero-order valence-corrected chi connectivity index (χ0v) is 20.8. The molecule has 0 aromatic heterocycles. The molecule has 2 aliphatic carbocycles. The molecule has 1 N–H and O–H groups in total. The Bertz CT molecular complexity index is 1350. The number of morpholine rings is 1. The number of amides is 1. The highest BCUT2D eigenvalue weighted by atomic mass is 19.1. The molecule has 3 aliphatic rings. The Balaban J connectivity index is 1.14. The van der Waals surface area contributed by atoms with Gasteiger partial charge < -0.3 is 24.2 Å². The Kier molecular flexibility index (Phi) is 6.49. The van der Waals surface area contributed by atoms with E-state index in [1.165, 1.54) is 6.07 Å². The highest BCUT2D eigenvalue weighted by Gasteiger charge is 2.44. The van der Waals surface area contributed by atoms with Crippen molar-refractivity contribution in [2.45, 2.75) is 31.3 Å². The van der Waals surface area contributed by atoms with Gasteiger partial charge in [0, 0.05) is 29.8 Å². The standard InChI is InChI=1S/C30H28FNO6/c31-25-10-12-26(37-20-7-3-19(4-8-20)29(33)32-13-15-36-16-14-32)22-9-11-27(28(22)25)38-21-5-1-18(2-6-21)23-17-24(23)30(34)35/h1-8,10,12,23-24,27H,9,11,13-17H2,(H,34,35)/t23-,24+,27-/m1/s1. The number of benzene rings is 3. The fourth-order valence-electron chi connectivity index (χ4n) is 5.39. The van der Waals surface area contributed by atoms with Crippen LogP contribution in [-0.2, 0) is 16.0 Å². The molecule has 7 nitrogen and oxygen atoms in total. The van der Waals surface area contributed by atoms with E-state index in [4.69, 9.17) is 19.3 Å². The van der Waals surface area contributed by atoms with Gasteiger partial charge in [0.2, 0.25) is 0 Å². The van der Waals surface area contributed by atoms with Gasteiger partial charge in [0.05, 0.1) is 19.1 Å². The highest BCUT2D eigenvalue weighted by Crippen LogP contribution is 2.48. The number of aliphatic carboxylic acids is 1. The lowest BCUT2D eigenvalue weighted by molar-refractivity contribution is -0.138. The first-order valence-electron chi connectivity index (χ1n) is 12.9. The Morgan fingerprint density at radius 3 is 2.34 bits per heavy atom. The van der Waals surface area contributed by atoms with Crippen LogP contribution in [0.25, 0.3) is 0 Å². The van der Waals surface area contributed by atoms with E-state index in [1.54, 1.807) is 35.2 Å². The Hall–Kier alpha value is -3.91. The van der Waals surface area contributed by atoms with Gasteiger partial charge in [-0.2, -0.15) is 0 Å².